The van der Waals surface area contributed by atoms with Gasteiger partial charge in [0.15, 0.2) is 5.78 Å². The van der Waals surface area contributed by atoms with Crippen LogP contribution in [0.1, 0.15) is 102 Å². The molecule has 8 bridgehead atoms. The quantitative estimate of drug-likeness (QED) is 0.146. The van der Waals surface area contributed by atoms with Crippen LogP contribution in [-0.4, -0.2) is 54.5 Å². The summed E-state index contributed by atoms with van der Waals surface area (Å²) in [5, 5.41) is 6.81. The van der Waals surface area contributed by atoms with Gasteiger partial charge in [0.25, 0.3) is 0 Å². The molecule has 6 rings (SSSR count). The predicted octanol–water partition coefficient (Wildman–Crippen LogP) is 4.72. The number of hydrogen-bond acceptors (Lipinski definition) is 5. The molecule has 1 aliphatic carbocycles. The van der Waals surface area contributed by atoms with Gasteiger partial charge in [-0.15, -0.1) is 33.5 Å². The summed E-state index contributed by atoms with van der Waals surface area (Å²) >= 11 is 0. The summed E-state index contributed by atoms with van der Waals surface area (Å²) < 4.78 is 10.5. The molecule has 2 aliphatic heterocycles. The van der Waals surface area contributed by atoms with Crippen molar-refractivity contribution in [1.82, 2.24) is 15.0 Å². The first-order chi connectivity index (χ1) is 22.5. The number of fused-ring (bicyclic) bond motifs is 7. The van der Waals surface area contributed by atoms with Crippen molar-refractivity contribution in [2.45, 2.75) is 74.7 Å². The van der Waals surface area contributed by atoms with Crippen molar-refractivity contribution in [3.8, 4) is 0 Å². The number of methoxy groups -OCH3 is 1. The summed E-state index contributed by atoms with van der Waals surface area (Å²) in [7, 11) is 1.28. The van der Waals surface area contributed by atoms with Crippen LogP contribution in [0.2, 0.25) is 0 Å². The largest absolute Gasteiger partial charge is 2.00 e. The van der Waals surface area contributed by atoms with E-state index in [1.807, 2.05) is 19.1 Å². The summed E-state index contributed by atoms with van der Waals surface area (Å²) in [6.45, 7) is 16.0. The molecule has 10 heteroatoms. The van der Waals surface area contributed by atoms with Crippen LogP contribution in [0.25, 0.3) is 29.1 Å². The van der Waals surface area contributed by atoms with Crippen molar-refractivity contribution in [3.63, 3.8) is 0 Å². The van der Waals surface area contributed by atoms with Crippen LogP contribution in [0.5, 0.6) is 0 Å². The van der Waals surface area contributed by atoms with E-state index in [1.54, 1.807) is 0 Å². The maximum atomic E-state index is 14.1. The third-order valence-electron chi connectivity index (χ3n) is 10.00. The molecular weight excluding hydrogens is 629 g/mol. The molecule has 254 valence electrons. The molecule has 0 unspecified atom stereocenters. The fourth-order valence-corrected chi connectivity index (χ4v) is 7.37. The van der Waals surface area contributed by atoms with E-state index >= 15 is 0 Å². The maximum Gasteiger partial charge on any atom is 2.00 e. The Bertz CT molecular complexity index is 2020. The molecule has 3 aromatic rings. The van der Waals surface area contributed by atoms with Gasteiger partial charge in [0.2, 0.25) is 0 Å². The van der Waals surface area contributed by atoms with Gasteiger partial charge in [0.1, 0.15) is 12.5 Å². The molecule has 0 saturated carbocycles. The summed E-state index contributed by atoms with van der Waals surface area (Å²) in [4.78, 5) is 55.2. The molecule has 3 aliphatic rings. The van der Waals surface area contributed by atoms with Crippen LogP contribution in [-0.2, 0) is 31.9 Å². The monoisotopic (exact) mass is 672 g/mol. The van der Waals surface area contributed by atoms with E-state index in [1.165, 1.54) is 13.2 Å². The third kappa shape index (κ3) is 6.29. The standard InChI is InChI=1S/C38H41N4O5.CH4.Mg/c1-9-14-47-31(43)13-12-24-20(6)27-15-25-18(4)22(10-2)29(39-25)16-26-19(5)23(11-3)30(40-26)17-28-21(7)32-36(42-28)33(35(24)41-27)34(37(32)44)38(45)46-8;;/h9,15-17,20,24,34H,1,10-14H2,2-8H3,(H-,41,42,44);1H4;/q-3;;+2/p-1/b26-16-,27-15-,30-17-;;/t20-,24-,34+;;/m0../s1. The number of esters is 2. The first-order valence-electron chi connectivity index (χ1n) is 16.3. The Morgan fingerprint density at radius 1 is 0.918 bits per heavy atom. The molecule has 3 aromatic heterocycles. The van der Waals surface area contributed by atoms with Gasteiger partial charge in [-0.1, -0.05) is 92.5 Å². The molecular formula is C39H44MgN4O5-2. The third-order valence-corrected chi connectivity index (χ3v) is 10.00. The number of allylic oxidation sites excluding steroid dienone is 2. The maximum absolute atomic E-state index is 14.1. The minimum Gasteiger partial charge on any atom is -0.664 e. The molecule has 3 atom stereocenters. The topological polar surface area (TPSA) is 126 Å². The number of ketones is 1. The zero-order chi connectivity index (χ0) is 33.7. The van der Waals surface area contributed by atoms with Crippen molar-refractivity contribution in [1.29, 1.82) is 0 Å². The summed E-state index contributed by atoms with van der Waals surface area (Å²) in [5.74, 6) is -3.01. The Balaban J connectivity index is 0.00000270. The zero-order valence-corrected chi connectivity index (χ0v) is 30.2. The van der Waals surface area contributed by atoms with Gasteiger partial charge in [-0.25, -0.2) is 0 Å². The van der Waals surface area contributed by atoms with Crippen LogP contribution in [0.4, 0.5) is 0 Å². The summed E-state index contributed by atoms with van der Waals surface area (Å²) in [6, 6.07) is 0. The second-order valence-electron chi connectivity index (χ2n) is 12.5. The SMILES string of the molecule is C.C=CCOC(=O)CC[C@@H]1/C2=C3/c4[n-]c(c(C)c4C(=O)[C@@H]3C(=O)OC)/C=c3\[n-]/c(c(C)c3CC)=C\c3[n-]c(c(C)c3CC)/C=C(\[N-]2)[C@H]1C.[Mg+2]. The Hall–Kier alpha value is -4.02. The molecule has 0 radical (unpaired) electrons. The molecule has 0 spiro atoms. The number of aromatic nitrogens is 3. The fourth-order valence-electron chi connectivity index (χ4n) is 7.37. The Labute approximate surface area is 304 Å². The molecule has 0 aromatic carbocycles. The predicted molar refractivity (Wildman–Crippen MR) is 192 cm³/mol. The number of Topliss-reactive ketones (excluding diaryl/α,β-unsaturated/α-hetero) is 1. The first-order valence-corrected chi connectivity index (χ1v) is 16.3. The van der Waals surface area contributed by atoms with Gasteiger partial charge >= 0.3 is 35.0 Å². The number of ether oxygens (including phenoxy) is 2. The second kappa shape index (κ2) is 14.8. The molecule has 1 fully saturated rings. The van der Waals surface area contributed by atoms with Gasteiger partial charge in [-0.3, -0.25) is 14.4 Å². The van der Waals surface area contributed by atoms with Crippen molar-refractivity contribution < 1.29 is 23.9 Å². The smallest absolute Gasteiger partial charge is 0.664 e. The van der Waals surface area contributed by atoms with Crippen LogP contribution in [0.3, 0.4) is 0 Å². The average Bonchev–Trinajstić information content (AvgIpc) is 3.79. The second-order valence-corrected chi connectivity index (χ2v) is 12.5. The first kappa shape index (κ1) is 37.8. The molecule has 0 N–H and O–H groups in total. The molecule has 49 heavy (non-hydrogen) atoms. The number of carbonyl (C=O) groups is 3. The fraction of sp³-hybridized carbons (Fsp3) is 0.410. The average molecular weight is 673 g/mol. The van der Waals surface area contributed by atoms with Gasteiger partial charge < -0.3 is 29.7 Å². The van der Waals surface area contributed by atoms with E-state index in [9.17, 15) is 14.4 Å². The van der Waals surface area contributed by atoms with E-state index in [4.69, 9.17) is 29.7 Å². The van der Waals surface area contributed by atoms with E-state index in [2.05, 4.69) is 47.3 Å². The summed E-state index contributed by atoms with van der Waals surface area (Å²) in [5.41, 5.74) is 10.0. The van der Waals surface area contributed by atoms with Crippen molar-refractivity contribution in [2.75, 3.05) is 13.7 Å². The number of nitrogens with zero attached hydrogens (tertiary/aromatic N) is 4. The molecule has 1 saturated heterocycles. The minimum absolute atomic E-state index is 0. The molecule has 9 nitrogen and oxygen atoms in total. The van der Waals surface area contributed by atoms with Gasteiger partial charge in [0.05, 0.1) is 7.11 Å². The number of rotatable bonds is 8. The van der Waals surface area contributed by atoms with E-state index in [0.29, 0.717) is 40.2 Å². The van der Waals surface area contributed by atoms with E-state index in [0.717, 1.165) is 62.9 Å². The number of hydrogen-bond donors (Lipinski definition) is 0. The Morgan fingerprint density at radius 2 is 1.59 bits per heavy atom. The molecule has 0 amide bonds. The van der Waals surface area contributed by atoms with Crippen LogP contribution in [0.15, 0.2) is 24.0 Å². The van der Waals surface area contributed by atoms with Crippen molar-refractivity contribution in [3.05, 3.63) is 96.2 Å². The Morgan fingerprint density at radius 3 is 2.24 bits per heavy atom. The van der Waals surface area contributed by atoms with Crippen LogP contribution >= 0.6 is 0 Å². The number of carbonyl (C=O) groups excluding carboxylic acids is 3. The zero-order valence-electron chi connectivity index (χ0n) is 28.8. The van der Waals surface area contributed by atoms with Crippen molar-refractivity contribution >= 4 is 64.6 Å². The minimum atomic E-state index is -1.20. The van der Waals surface area contributed by atoms with Crippen LogP contribution in [0, 0.1) is 38.5 Å². The van der Waals surface area contributed by atoms with Crippen LogP contribution < -0.4 is 25.7 Å². The summed E-state index contributed by atoms with van der Waals surface area (Å²) in [6.07, 6.45) is 9.65. The van der Waals surface area contributed by atoms with Gasteiger partial charge in [-0.2, -0.15) is 11.4 Å². The van der Waals surface area contributed by atoms with Gasteiger partial charge in [-0.05, 0) is 51.9 Å². The van der Waals surface area contributed by atoms with Gasteiger partial charge in [0, 0.05) is 12.0 Å². The molecule has 5 heterocycles. The van der Waals surface area contributed by atoms with E-state index < -0.39 is 11.9 Å². The normalized spacial score (nSPS) is 22.7. The van der Waals surface area contributed by atoms with E-state index in [-0.39, 0.29) is 67.1 Å². The van der Waals surface area contributed by atoms with Crippen molar-refractivity contribution in [2.24, 2.45) is 17.8 Å². The Kier molecular flexibility index (Phi) is 11.4.